The summed E-state index contributed by atoms with van der Waals surface area (Å²) in [5.41, 5.74) is 0.673. The van der Waals surface area contributed by atoms with Crippen molar-refractivity contribution in [2.45, 2.75) is 38.5 Å². The van der Waals surface area contributed by atoms with E-state index in [1.807, 2.05) is 6.07 Å². The van der Waals surface area contributed by atoms with Gasteiger partial charge in [0.15, 0.2) is 5.78 Å². The second-order valence-electron chi connectivity index (χ2n) is 8.56. The summed E-state index contributed by atoms with van der Waals surface area (Å²) in [4.78, 5) is 25.0. The van der Waals surface area contributed by atoms with Gasteiger partial charge in [0.1, 0.15) is 24.0 Å². The summed E-state index contributed by atoms with van der Waals surface area (Å²) in [6.45, 7) is -0.110. The van der Waals surface area contributed by atoms with Crippen LogP contribution >= 0.6 is 34.8 Å². The predicted molar refractivity (Wildman–Crippen MR) is 115 cm³/mol. The highest BCUT2D eigenvalue weighted by Gasteiger charge is 2.70. The Morgan fingerprint density at radius 2 is 1.67 bits per heavy atom. The van der Waals surface area contributed by atoms with E-state index in [1.165, 1.54) is 12.1 Å². The van der Waals surface area contributed by atoms with Crippen LogP contribution in [0.4, 0.5) is 4.39 Å². The lowest BCUT2D eigenvalue weighted by molar-refractivity contribution is -0.208. The van der Waals surface area contributed by atoms with E-state index < -0.39 is 5.82 Å². The van der Waals surface area contributed by atoms with Crippen molar-refractivity contribution in [1.82, 2.24) is 0 Å². The van der Waals surface area contributed by atoms with Gasteiger partial charge in [-0.25, -0.2) is 4.39 Å². The molecule has 3 aliphatic rings. The van der Waals surface area contributed by atoms with E-state index >= 15 is 0 Å². The van der Waals surface area contributed by atoms with Crippen LogP contribution in [0.5, 0.6) is 5.75 Å². The summed E-state index contributed by atoms with van der Waals surface area (Å²) < 4.78 is 18.8. The normalized spacial score (nSPS) is 24.0. The number of halogens is 4. The number of aryl methyl sites for hydroxylation is 1. The maximum atomic E-state index is 13.4. The lowest BCUT2D eigenvalue weighted by atomic mass is 9.33. The van der Waals surface area contributed by atoms with Gasteiger partial charge in [0.25, 0.3) is 0 Å². The molecule has 2 aromatic carbocycles. The molecular formula is C23H20Cl3FO3. The van der Waals surface area contributed by atoms with Crippen molar-refractivity contribution >= 4 is 46.4 Å². The second kappa shape index (κ2) is 8.14. The molecule has 2 bridgehead atoms. The Bertz CT molecular complexity index is 1000. The van der Waals surface area contributed by atoms with Crippen LogP contribution in [0.2, 0.25) is 15.1 Å². The number of hydrogen-bond donors (Lipinski definition) is 0. The first kappa shape index (κ1) is 21.6. The van der Waals surface area contributed by atoms with Crippen LogP contribution in [0.3, 0.4) is 0 Å². The first-order chi connectivity index (χ1) is 14.2. The van der Waals surface area contributed by atoms with Gasteiger partial charge in [-0.1, -0.05) is 40.9 Å². The molecule has 158 valence electrons. The standard InChI is InChI=1S/C23H20Cl3FO3/c24-17-4-1-14(7-19(17)26)2-6-21(29)23-11-22(12-23,13-23)9-15(28)10-30-16-3-5-18(25)20(27)8-16/h1,3-5,7-8H,2,6,9-13H2. The van der Waals surface area contributed by atoms with Gasteiger partial charge in [-0.3, -0.25) is 9.59 Å². The zero-order valence-corrected chi connectivity index (χ0v) is 18.4. The zero-order chi connectivity index (χ0) is 21.5. The van der Waals surface area contributed by atoms with E-state index in [0.717, 1.165) is 30.9 Å². The number of carbonyl (C=O) groups excluding carboxylic acids is 2. The Kier molecular flexibility index (Phi) is 5.86. The molecule has 30 heavy (non-hydrogen) atoms. The molecule has 0 atom stereocenters. The molecule has 5 rings (SSSR count). The number of ether oxygens (including phenoxy) is 1. The lowest BCUT2D eigenvalue weighted by Gasteiger charge is -2.70. The van der Waals surface area contributed by atoms with Crippen molar-refractivity contribution in [3.63, 3.8) is 0 Å². The Labute approximate surface area is 189 Å². The number of Topliss-reactive ketones (excluding diaryl/α,β-unsaturated/α-hetero) is 2. The van der Waals surface area contributed by atoms with Crippen LogP contribution in [0, 0.1) is 16.6 Å². The van der Waals surface area contributed by atoms with Crippen LogP contribution in [0.15, 0.2) is 36.4 Å². The minimum Gasteiger partial charge on any atom is -0.486 e. The molecule has 3 saturated carbocycles. The molecule has 0 aromatic heterocycles. The molecular weight excluding hydrogens is 450 g/mol. The number of carbonyl (C=O) groups is 2. The maximum Gasteiger partial charge on any atom is 0.170 e. The third kappa shape index (κ3) is 4.23. The van der Waals surface area contributed by atoms with Gasteiger partial charge >= 0.3 is 0 Å². The zero-order valence-electron chi connectivity index (χ0n) is 16.2. The molecule has 0 radical (unpaired) electrons. The number of rotatable bonds is 9. The molecule has 0 aliphatic heterocycles. The average Bonchev–Trinajstić information content (AvgIpc) is 2.65. The Morgan fingerprint density at radius 1 is 0.967 bits per heavy atom. The fourth-order valence-electron chi connectivity index (χ4n) is 4.90. The summed E-state index contributed by atoms with van der Waals surface area (Å²) in [6.07, 6.45) is 3.79. The number of ketones is 2. The van der Waals surface area contributed by atoms with Gasteiger partial charge in [-0.2, -0.15) is 0 Å². The molecule has 7 heteroatoms. The molecule has 3 aliphatic carbocycles. The fraction of sp³-hybridized carbons (Fsp3) is 0.391. The lowest BCUT2D eigenvalue weighted by Crippen LogP contribution is -2.65. The number of benzene rings is 2. The van der Waals surface area contributed by atoms with Gasteiger partial charge in [-0.15, -0.1) is 0 Å². The van der Waals surface area contributed by atoms with E-state index in [1.54, 1.807) is 12.1 Å². The summed E-state index contributed by atoms with van der Waals surface area (Å²) >= 11 is 17.6. The van der Waals surface area contributed by atoms with E-state index in [0.29, 0.717) is 29.3 Å². The van der Waals surface area contributed by atoms with Gasteiger partial charge in [0.2, 0.25) is 0 Å². The van der Waals surface area contributed by atoms with Crippen molar-refractivity contribution < 1.29 is 18.7 Å². The SMILES string of the molecule is O=C(COc1ccc(Cl)c(F)c1)CC12CC(C(=O)CCc3ccc(Cl)c(Cl)c3)(C1)C2. The number of hydrogen-bond acceptors (Lipinski definition) is 3. The minimum absolute atomic E-state index is 0.0108. The molecule has 2 aromatic rings. The highest BCUT2D eigenvalue weighted by atomic mass is 35.5. The quantitative estimate of drug-likeness (QED) is 0.421. The van der Waals surface area contributed by atoms with E-state index in [4.69, 9.17) is 39.5 Å². The molecule has 3 nitrogen and oxygen atoms in total. The third-order valence-corrected chi connectivity index (χ3v) is 7.27. The van der Waals surface area contributed by atoms with Gasteiger partial charge in [-0.05, 0) is 60.9 Å². The van der Waals surface area contributed by atoms with Crippen molar-refractivity contribution in [2.75, 3.05) is 6.61 Å². The van der Waals surface area contributed by atoms with Crippen LogP contribution in [-0.4, -0.2) is 18.2 Å². The van der Waals surface area contributed by atoms with Gasteiger partial charge < -0.3 is 4.74 Å². The van der Waals surface area contributed by atoms with Crippen LogP contribution < -0.4 is 4.74 Å². The molecule has 0 N–H and O–H groups in total. The summed E-state index contributed by atoms with van der Waals surface area (Å²) in [5, 5.41) is 1.01. The molecule has 0 unspecified atom stereocenters. The molecule has 0 saturated heterocycles. The van der Waals surface area contributed by atoms with Crippen molar-refractivity contribution in [3.05, 3.63) is 62.8 Å². The monoisotopic (exact) mass is 468 g/mol. The first-order valence-electron chi connectivity index (χ1n) is 9.77. The Hall–Kier alpha value is -1.62. The summed E-state index contributed by atoms with van der Waals surface area (Å²) in [5.74, 6) is -0.0862. The van der Waals surface area contributed by atoms with Crippen molar-refractivity contribution in [1.29, 1.82) is 0 Å². The van der Waals surface area contributed by atoms with Gasteiger partial charge in [0, 0.05) is 24.3 Å². The van der Waals surface area contributed by atoms with Crippen molar-refractivity contribution in [3.8, 4) is 5.75 Å². The average molecular weight is 470 g/mol. The van der Waals surface area contributed by atoms with Crippen LogP contribution in [-0.2, 0) is 16.0 Å². The smallest absolute Gasteiger partial charge is 0.170 e. The van der Waals surface area contributed by atoms with Crippen LogP contribution in [0.25, 0.3) is 0 Å². The summed E-state index contributed by atoms with van der Waals surface area (Å²) in [7, 11) is 0. The minimum atomic E-state index is -0.581. The van der Waals surface area contributed by atoms with Gasteiger partial charge in [0.05, 0.1) is 15.1 Å². The molecule has 0 spiro atoms. The van der Waals surface area contributed by atoms with E-state index in [9.17, 15) is 14.0 Å². The largest absolute Gasteiger partial charge is 0.486 e. The fourth-order valence-corrected chi connectivity index (χ4v) is 5.34. The first-order valence-corrected chi connectivity index (χ1v) is 10.9. The predicted octanol–water partition coefficient (Wildman–Crippen LogP) is 6.50. The van der Waals surface area contributed by atoms with Crippen molar-refractivity contribution in [2.24, 2.45) is 10.8 Å². The topological polar surface area (TPSA) is 43.4 Å². The Morgan fingerprint density at radius 3 is 2.33 bits per heavy atom. The molecule has 0 amide bonds. The maximum absolute atomic E-state index is 13.4. The third-order valence-electron chi connectivity index (χ3n) is 6.22. The van der Waals surface area contributed by atoms with E-state index in [-0.39, 0.29) is 39.8 Å². The highest BCUT2D eigenvalue weighted by molar-refractivity contribution is 6.42. The molecule has 0 heterocycles. The molecule has 3 fully saturated rings. The summed E-state index contributed by atoms with van der Waals surface area (Å²) in [6, 6.07) is 9.51. The Balaban J connectivity index is 1.22. The second-order valence-corrected chi connectivity index (χ2v) is 9.78. The highest BCUT2D eigenvalue weighted by Crippen LogP contribution is 2.75. The van der Waals surface area contributed by atoms with E-state index in [2.05, 4.69) is 0 Å². The van der Waals surface area contributed by atoms with Crippen LogP contribution in [0.1, 0.15) is 37.7 Å².